The van der Waals surface area contributed by atoms with Crippen molar-refractivity contribution in [2.24, 2.45) is 4.99 Å². The number of nitrogens with one attached hydrogen (secondary N) is 1. The van der Waals surface area contributed by atoms with Crippen molar-refractivity contribution in [2.75, 3.05) is 27.3 Å². The lowest BCUT2D eigenvalue weighted by Gasteiger charge is -2.22. The SMILES string of the molecule is CCNC(=NCc1c(C)nn(CCOC)c1C)N(C)Cc1ccccc1. The predicted octanol–water partition coefficient (Wildman–Crippen LogP) is 2.74. The summed E-state index contributed by atoms with van der Waals surface area (Å²) >= 11 is 0. The van der Waals surface area contributed by atoms with E-state index in [9.17, 15) is 0 Å². The Morgan fingerprint density at radius 3 is 2.65 bits per heavy atom. The molecule has 0 saturated carbocycles. The molecule has 1 aromatic heterocycles. The van der Waals surface area contributed by atoms with Crippen LogP contribution >= 0.6 is 0 Å². The lowest BCUT2D eigenvalue weighted by molar-refractivity contribution is 0.182. The zero-order valence-corrected chi connectivity index (χ0v) is 16.6. The standard InChI is InChI=1S/C20H31N5O/c1-6-21-20(24(4)15-18-10-8-7-9-11-18)22-14-19-16(2)23-25(17(19)3)12-13-26-5/h7-11H,6,12-15H2,1-5H3,(H,21,22). The number of nitrogens with zero attached hydrogens (tertiary/aromatic N) is 4. The maximum atomic E-state index is 5.16. The average Bonchev–Trinajstić information content (AvgIpc) is 2.91. The number of methoxy groups -OCH3 is 1. The van der Waals surface area contributed by atoms with Gasteiger partial charge >= 0.3 is 0 Å². The largest absolute Gasteiger partial charge is 0.383 e. The molecule has 6 heteroatoms. The summed E-state index contributed by atoms with van der Waals surface area (Å²) < 4.78 is 7.17. The van der Waals surface area contributed by atoms with Crippen molar-refractivity contribution in [2.45, 2.75) is 40.4 Å². The predicted molar refractivity (Wildman–Crippen MR) is 106 cm³/mol. The Labute approximate surface area is 156 Å². The molecule has 0 radical (unpaired) electrons. The van der Waals surface area contributed by atoms with Gasteiger partial charge in [0.2, 0.25) is 0 Å². The number of ether oxygens (including phenoxy) is 1. The summed E-state index contributed by atoms with van der Waals surface area (Å²) in [7, 11) is 3.78. The topological polar surface area (TPSA) is 54.7 Å². The molecule has 142 valence electrons. The second kappa shape index (κ2) is 9.97. The summed E-state index contributed by atoms with van der Waals surface area (Å²) in [6, 6.07) is 10.4. The minimum atomic E-state index is 0.617. The molecule has 1 aromatic carbocycles. The average molecular weight is 358 g/mol. The number of hydrogen-bond donors (Lipinski definition) is 1. The van der Waals surface area contributed by atoms with Gasteiger partial charge in [-0.3, -0.25) is 4.68 Å². The van der Waals surface area contributed by atoms with Crippen molar-refractivity contribution < 1.29 is 4.74 Å². The highest BCUT2D eigenvalue weighted by Crippen LogP contribution is 2.14. The van der Waals surface area contributed by atoms with Crippen LogP contribution in [0.1, 0.15) is 29.4 Å². The van der Waals surface area contributed by atoms with Gasteiger partial charge in [0.05, 0.1) is 25.4 Å². The fourth-order valence-corrected chi connectivity index (χ4v) is 2.91. The van der Waals surface area contributed by atoms with Crippen molar-refractivity contribution in [3.8, 4) is 0 Å². The van der Waals surface area contributed by atoms with Crippen LogP contribution in [0.15, 0.2) is 35.3 Å². The van der Waals surface area contributed by atoms with Crippen LogP contribution in [0.5, 0.6) is 0 Å². The van der Waals surface area contributed by atoms with E-state index in [-0.39, 0.29) is 0 Å². The van der Waals surface area contributed by atoms with Gasteiger partial charge in [0, 0.05) is 38.5 Å². The Morgan fingerprint density at radius 2 is 2.00 bits per heavy atom. The zero-order chi connectivity index (χ0) is 18.9. The summed E-state index contributed by atoms with van der Waals surface area (Å²) in [6.45, 7) is 9.93. The van der Waals surface area contributed by atoms with Crippen LogP contribution in [0, 0.1) is 13.8 Å². The van der Waals surface area contributed by atoms with E-state index in [2.05, 4.69) is 60.5 Å². The molecule has 26 heavy (non-hydrogen) atoms. The van der Waals surface area contributed by atoms with Gasteiger partial charge in [-0.2, -0.15) is 5.10 Å². The molecule has 1 heterocycles. The van der Waals surface area contributed by atoms with Crippen molar-refractivity contribution in [3.05, 3.63) is 52.8 Å². The third-order valence-electron chi connectivity index (χ3n) is 4.38. The third kappa shape index (κ3) is 5.33. The number of guanidine groups is 1. The lowest BCUT2D eigenvalue weighted by Crippen LogP contribution is -2.38. The van der Waals surface area contributed by atoms with Gasteiger partial charge in [-0.1, -0.05) is 30.3 Å². The van der Waals surface area contributed by atoms with E-state index in [0.717, 1.165) is 37.0 Å². The molecule has 0 aliphatic carbocycles. The fourth-order valence-electron chi connectivity index (χ4n) is 2.91. The maximum absolute atomic E-state index is 5.16. The van der Waals surface area contributed by atoms with Crippen LogP contribution < -0.4 is 5.32 Å². The summed E-state index contributed by atoms with van der Waals surface area (Å²) in [5, 5.41) is 8.00. The first-order chi connectivity index (χ1) is 12.6. The number of aromatic nitrogens is 2. The second-order valence-corrected chi connectivity index (χ2v) is 6.38. The minimum absolute atomic E-state index is 0.617. The molecule has 0 amide bonds. The molecule has 0 saturated heterocycles. The zero-order valence-electron chi connectivity index (χ0n) is 16.6. The lowest BCUT2D eigenvalue weighted by atomic mass is 10.2. The van der Waals surface area contributed by atoms with Crippen LogP contribution in [0.25, 0.3) is 0 Å². The van der Waals surface area contributed by atoms with Gasteiger partial charge in [-0.15, -0.1) is 0 Å². The van der Waals surface area contributed by atoms with Gasteiger partial charge in [0.15, 0.2) is 5.96 Å². The molecular weight excluding hydrogens is 326 g/mol. The molecule has 6 nitrogen and oxygen atoms in total. The van der Waals surface area contributed by atoms with E-state index in [1.165, 1.54) is 11.1 Å². The fraction of sp³-hybridized carbons (Fsp3) is 0.500. The van der Waals surface area contributed by atoms with Crippen LogP contribution in [-0.2, 0) is 24.4 Å². The van der Waals surface area contributed by atoms with Crippen molar-refractivity contribution >= 4 is 5.96 Å². The molecule has 2 aromatic rings. The normalized spacial score (nSPS) is 11.7. The Kier molecular flexibility index (Phi) is 7.66. The molecule has 0 aliphatic heterocycles. The first-order valence-corrected chi connectivity index (χ1v) is 9.12. The Morgan fingerprint density at radius 1 is 1.27 bits per heavy atom. The highest BCUT2D eigenvalue weighted by Gasteiger charge is 2.12. The molecule has 1 N–H and O–H groups in total. The van der Waals surface area contributed by atoms with Gasteiger partial charge in [-0.05, 0) is 26.3 Å². The van der Waals surface area contributed by atoms with Gasteiger partial charge in [-0.25, -0.2) is 4.99 Å². The molecule has 0 fully saturated rings. The first kappa shape index (κ1) is 20.0. The van der Waals surface area contributed by atoms with E-state index in [1.807, 2.05) is 17.7 Å². The molecule has 0 atom stereocenters. The number of aryl methyl sites for hydroxylation is 1. The van der Waals surface area contributed by atoms with Crippen LogP contribution in [0.3, 0.4) is 0 Å². The monoisotopic (exact) mass is 357 g/mol. The summed E-state index contributed by atoms with van der Waals surface area (Å²) in [5.74, 6) is 0.903. The molecule has 0 aliphatic rings. The quantitative estimate of drug-likeness (QED) is 0.583. The highest BCUT2D eigenvalue weighted by atomic mass is 16.5. The van der Waals surface area contributed by atoms with E-state index >= 15 is 0 Å². The summed E-state index contributed by atoms with van der Waals surface area (Å²) in [6.07, 6.45) is 0. The molecule has 0 bridgehead atoms. The third-order valence-corrected chi connectivity index (χ3v) is 4.38. The Balaban J connectivity index is 2.12. The Bertz CT molecular complexity index is 708. The van der Waals surface area contributed by atoms with E-state index < -0.39 is 0 Å². The van der Waals surface area contributed by atoms with Gasteiger partial charge in [0.1, 0.15) is 0 Å². The van der Waals surface area contributed by atoms with Crippen molar-refractivity contribution in [3.63, 3.8) is 0 Å². The summed E-state index contributed by atoms with van der Waals surface area (Å²) in [5.41, 5.74) is 4.64. The Hall–Kier alpha value is -2.34. The number of benzene rings is 1. The number of hydrogen-bond acceptors (Lipinski definition) is 3. The minimum Gasteiger partial charge on any atom is -0.383 e. The van der Waals surface area contributed by atoms with E-state index in [1.54, 1.807) is 7.11 Å². The van der Waals surface area contributed by atoms with Crippen LogP contribution in [0.2, 0.25) is 0 Å². The van der Waals surface area contributed by atoms with Gasteiger partial charge < -0.3 is 15.0 Å². The summed E-state index contributed by atoms with van der Waals surface area (Å²) in [4.78, 5) is 6.99. The molecule has 0 spiro atoms. The first-order valence-electron chi connectivity index (χ1n) is 9.12. The van der Waals surface area contributed by atoms with Crippen LogP contribution in [-0.4, -0.2) is 47.9 Å². The maximum Gasteiger partial charge on any atom is 0.194 e. The molecular formula is C20H31N5O. The van der Waals surface area contributed by atoms with Crippen LogP contribution in [0.4, 0.5) is 0 Å². The van der Waals surface area contributed by atoms with E-state index in [4.69, 9.17) is 9.73 Å². The van der Waals surface area contributed by atoms with E-state index in [0.29, 0.717) is 13.2 Å². The molecule has 2 rings (SSSR count). The van der Waals surface area contributed by atoms with Crippen molar-refractivity contribution in [1.29, 1.82) is 0 Å². The highest BCUT2D eigenvalue weighted by molar-refractivity contribution is 5.79. The van der Waals surface area contributed by atoms with Gasteiger partial charge in [0.25, 0.3) is 0 Å². The number of aliphatic imine (C=N–C) groups is 1. The smallest absolute Gasteiger partial charge is 0.194 e. The number of rotatable bonds is 8. The van der Waals surface area contributed by atoms with Crippen molar-refractivity contribution in [1.82, 2.24) is 20.0 Å². The second-order valence-electron chi connectivity index (χ2n) is 6.38. The molecule has 0 unspecified atom stereocenters.